The molecule has 0 saturated carbocycles. The van der Waals surface area contributed by atoms with Gasteiger partial charge >= 0.3 is 0 Å². The first-order valence-corrected chi connectivity index (χ1v) is 7.19. The Kier molecular flexibility index (Phi) is 3.89. The number of hydrogen-bond donors (Lipinski definition) is 2. The number of pyridine rings is 1. The summed E-state index contributed by atoms with van der Waals surface area (Å²) in [4.78, 5) is 27.0. The minimum absolute atomic E-state index is 0.105. The predicted octanol–water partition coefficient (Wildman–Crippen LogP) is 2.29. The normalized spacial score (nSPS) is 10.7. The van der Waals surface area contributed by atoms with Gasteiger partial charge in [0.25, 0.3) is 0 Å². The van der Waals surface area contributed by atoms with Gasteiger partial charge in [0.15, 0.2) is 5.75 Å². The van der Waals surface area contributed by atoms with Crippen molar-refractivity contribution in [2.75, 3.05) is 12.4 Å². The van der Waals surface area contributed by atoms with E-state index in [0.717, 1.165) is 16.6 Å². The summed E-state index contributed by atoms with van der Waals surface area (Å²) in [5.41, 5.74) is 2.25. The van der Waals surface area contributed by atoms with E-state index in [-0.39, 0.29) is 23.6 Å². The van der Waals surface area contributed by atoms with Crippen molar-refractivity contribution < 1.29 is 9.53 Å². The predicted molar refractivity (Wildman–Crippen MR) is 88.9 cm³/mol. The number of nitrogens with one attached hydrogen (secondary N) is 2. The molecule has 0 unspecified atom stereocenters. The lowest BCUT2D eigenvalue weighted by Gasteiger charge is -2.12. The Hall–Kier alpha value is -3.02. The van der Waals surface area contributed by atoms with Crippen LogP contribution in [0.15, 0.2) is 47.5 Å². The number of nitrogens with zero attached hydrogens (tertiary/aromatic N) is 1. The van der Waals surface area contributed by atoms with Gasteiger partial charge in [-0.1, -0.05) is 0 Å². The number of amides is 1. The summed E-state index contributed by atoms with van der Waals surface area (Å²) in [6, 6.07) is 9.07. The Morgan fingerprint density at radius 1 is 1.30 bits per heavy atom. The van der Waals surface area contributed by atoms with Crippen LogP contribution >= 0.6 is 0 Å². The molecule has 3 rings (SSSR count). The van der Waals surface area contributed by atoms with E-state index in [2.05, 4.69) is 10.3 Å². The second-order valence-corrected chi connectivity index (χ2v) is 5.30. The van der Waals surface area contributed by atoms with Gasteiger partial charge in [0.1, 0.15) is 6.54 Å². The third-order valence-corrected chi connectivity index (χ3v) is 3.68. The quantitative estimate of drug-likeness (QED) is 0.776. The minimum Gasteiger partial charge on any atom is -0.491 e. The van der Waals surface area contributed by atoms with Gasteiger partial charge in [-0.25, -0.2) is 0 Å². The summed E-state index contributed by atoms with van der Waals surface area (Å²) in [5, 5.41) is 3.89. The van der Waals surface area contributed by atoms with Crippen LogP contribution in [0.1, 0.15) is 5.69 Å². The van der Waals surface area contributed by atoms with Gasteiger partial charge in [-0.2, -0.15) is 0 Å². The number of fused-ring (bicyclic) bond motifs is 1. The molecule has 118 valence electrons. The van der Waals surface area contributed by atoms with Crippen molar-refractivity contribution in [3.8, 4) is 5.75 Å². The number of H-pyrrole nitrogens is 1. The van der Waals surface area contributed by atoms with E-state index in [4.69, 9.17) is 4.74 Å². The van der Waals surface area contributed by atoms with Crippen molar-refractivity contribution in [1.82, 2.24) is 9.55 Å². The zero-order valence-corrected chi connectivity index (χ0v) is 12.9. The molecule has 0 fully saturated rings. The molecule has 0 aliphatic heterocycles. The van der Waals surface area contributed by atoms with Crippen molar-refractivity contribution in [3.63, 3.8) is 0 Å². The summed E-state index contributed by atoms with van der Waals surface area (Å²) in [5.74, 6) is 0.0471. The Morgan fingerprint density at radius 2 is 2.13 bits per heavy atom. The standard InChI is InChI=1S/C17H17N3O3/c1-11-7-15(21)16(23-2)9-20(11)10-17(22)19-13-3-4-14-12(8-13)5-6-18-14/h3-9,18H,10H2,1-2H3,(H,19,22). The highest BCUT2D eigenvalue weighted by molar-refractivity contribution is 5.93. The lowest BCUT2D eigenvalue weighted by Crippen LogP contribution is -2.21. The Labute approximate surface area is 132 Å². The van der Waals surface area contributed by atoms with E-state index < -0.39 is 0 Å². The fourth-order valence-corrected chi connectivity index (χ4v) is 2.46. The SMILES string of the molecule is COc1cn(CC(=O)Nc2ccc3[nH]ccc3c2)c(C)cc1=O. The van der Waals surface area contributed by atoms with Gasteiger partial charge in [0.05, 0.1) is 13.3 Å². The Balaban J connectivity index is 1.77. The summed E-state index contributed by atoms with van der Waals surface area (Å²) >= 11 is 0. The van der Waals surface area contributed by atoms with Crippen LogP contribution in [0, 0.1) is 6.92 Å². The first-order valence-electron chi connectivity index (χ1n) is 7.19. The van der Waals surface area contributed by atoms with Crippen molar-refractivity contribution in [2.24, 2.45) is 0 Å². The van der Waals surface area contributed by atoms with Crippen molar-refractivity contribution in [3.05, 3.63) is 58.6 Å². The summed E-state index contributed by atoms with van der Waals surface area (Å²) in [6.45, 7) is 1.88. The highest BCUT2D eigenvalue weighted by Crippen LogP contribution is 2.18. The lowest BCUT2D eigenvalue weighted by molar-refractivity contribution is -0.116. The number of anilines is 1. The van der Waals surface area contributed by atoms with Gasteiger partial charge in [-0.15, -0.1) is 0 Å². The van der Waals surface area contributed by atoms with E-state index in [1.807, 2.05) is 30.5 Å². The smallest absolute Gasteiger partial charge is 0.244 e. The van der Waals surface area contributed by atoms with Crippen LogP contribution < -0.4 is 15.5 Å². The van der Waals surface area contributed by atoms with Crippen molar-refractivity contribution >= 4 is 22.5 Å². The molecule has 6 nitrogen and oxygen atoms in total. The molecule has 0 aliphatic carbocycles. The molecule has 6 heteroatoms. The molecule has 2 N–H and O–H groups in total. The molecule has 1 aromatic carbocycles. The van der Waals surface area contributed by atoms with Crippen LogP contribution in [-0.4, -0.2) is 22.6 Å². The first kappa shape index (κ1) is 14.9. The topological polar surface area (TPSA) is 76.1 Å². The van der Waals surface area contributed by atoms with Crippen LogP contribution in [0.5, 0.6) is 5.75 Å². The number of aromatic nitrogens is 2. The zero-order valence-electron chi connectivity index (χ0n) is 12.9. The molecule has 0 saturated heterocycles. The molecule has 0 aliphatic rings. The Morgan fingerprint density at radius 3 is 2.91 bits per heavy atom. The average molecular weight is 311 g/mol. The van der Waals surface area contributed by atoms with Gasteiger partial charge in [0, 0.05) is 34.5 Å². The number of aryl methyl sites for hydroxylation is 1. The van der Waals surface area contributed by atoms with Gasteiger partial charge in [-0.05, 0) is 31.2 Å². The second kappa shape index (κ2) is 6.00. The number of carbonyl (C=O) groups excluding carboxylic acids is 1. The third-order valence-electron chi connectivity index (χ3n) is 3.68. The first-order chi connectivity index (χ1) is 11.1. The largest absolute Gasteiger partial charge is 0.491 e. The minimum atomic E-state index is -0.195. The number of benzene rings is 1. The number of methoxy groups -OCH3 is 1. The van der Waals surface area contributed by atoms with Crippen molar-refractivity contribution in [1.29, 1.82) is 0 Å². The van der Waals surface area contributed by atoms with Crippen LogP contribution in [0.4, 0.5) is 5.69 Å². The highest BCUT2D eigenvalue weighted by atomic mass is 16.5. The molecule has 23 heavy (non-hydrogen) atoms. The molecule has 1 amide bonds. The second-order valence-electron chi connectivity index (χ2n) is 5.30. The van der Waals surface area contributed by atoms with Crippen molar-refractivity contribution in [2.45, 2.75) is 13.5 Å². The van der Waals surface area contributed by atoms with Crippen LogP contribution in [0.2, 0.25) is 0 Å². The monoisotopic (exact) mass is 311 g/mol. The molecular formula is C17H17N3O3. The maximum absolute atomic E-state index is 12.2. The maximum Gasteiger partial charge on any atom is 0.244 e. The molecule has 2 aromatic heterocycles. The number of carbonyl (C=O) groups is 1. The summed E-state index contributed by atoms with van der Waals surface area (Å²) < 4.78 is 6.70. The lowest BCUT2D eigenvalue weighted by atomic mass is 10.2. The number of ether oxygens (including phenoxy) is 1. The molecule has 0 atom stereocenters. The number of hydrogen-bond acceptors (Lipinski definition) is 3. The zero-order chi connectivity index (χ0) is 16.4. The third kappa shape index (κ3) is 3.11. The van der Waals surface area contributed by atoms with E-state index in [0.29, 0.717) is 5.69 Å². The van der Waals surface area contributed by atoms with E-state index in [1.54, 1.807) is 17.7 Å². The Bertz CT molecular complexity index is 924. The van der Waals surface area contributed by atoms with Crippen LogP contribution in [0.3, 0.4) is 0 Å². The van der Waals surface area contributed by atoms with Gasteiger partial charge < -0.3 is 19.6 Å². The molecule has 0 bridgehead atoms. The van der Waals surface area contributed by atoms with E-state index >= 15 is 0 Å². The summed E-state index contributed by atoms with van der Waals surface area (Å²) in [6.07, 6.45) is 3.40. The van der Waals surface area contributed by atoms with Gasteiger partial charge in [0.2, 0.25) is 11.3 Å². The molecule has 0 radical (unpaired) electrons. The molecular weight excluding hydrogens is 294 g/mol. The summed E-state index contributed by atoms with van der Waals surface area (Å²) in [7, 11) is 1.43. The fourth-order valence-electron chi connectivity index (χ4n) is 2.46. The molecule has 2 heterocycles. The highest BCUT2D eigenvalue weighted by Gasteiger charge is 2.09. The number of aromatic amines is 1. The van der Waals surface area contributed by atoms with Crippen LogP contribution in [0.25, 0.3) is 10.9 Å². The van der Waals surface area contributed by atoms with E-state index in [1.165, 1.54) is 13.2 Å². The molecule has 0 spiro atoms. The van der Waals surface area contributed by atoms with E-state index in [9.17, 15) is 9.59 Å². The number of rotatable bonds is 4. The molecule has 3 aromatic rings. The van der Waals surface area contributed by atoms with Crippen LogP contribution in [-0.2, 0) is 11.3 Å². The fraction of sp³-hybridized carbons (Fsp3) is 0.176. The maximum atomic E-state index is 12.2. The average Bonchev–Trinajstić information content (AvgIpc) is 2.97. The van der Waals surface area contributed by atoms with Gasteiger partial charge in [-0.3, -0.25) is 9.59 Å².